The third-order valence-electron chi connectivity index (χ3n) is 6.57. The molecule has 0 bridgehead atoms. The van der Waals surface area contributed by atoms with Crippen molar-refractivity contribution in [2.45, 2.75) is 97.3 Å². The Labute approximate surface area is 233 Å². The van der Waals surface area contributed by atoms with Crippen LogP contribution in [0.15, 0.2) is 53.1 Å². The molecule has 1 aromatic heterocycles. The molecular weight excluding hydrogens is 523 g/mol. The van der Waals surface area contributed by atoms with E-state index in [4.69, 9.17) is 9.36 Å². The molecule has 40 heavy (non-hydrogen) atoms. The minimum atomic E-state index is -4.49. The summed E-state index contributed by atoms with van der Waals surface area (Å²) in [5, 5.41) is 17.5. The molecular formula is C30H38F3N3O4. The molecule has 0 aliphatic heterocycles. The predicted octanol–water partition coefficient (Wildman–Crippen LogP) is 8.32. The number of carbonyl (C=O) groups excluding carboxylic acids is 1. The lowest BCUT2D eigenvalue weighted by Gasteiger charge is -2.37. The van der Waals surface area contributed by atoms with E-state index in [2.05, 4.69) is 17.1 Å². The average Bonchev–Trinajstić information content (AvgIpc) is 3.36. The highest BCUT2D eigenvalue weighted by Crippen LogP contribution is 2.30. The molecule has 0 fully saturated rings. The summed E-state index contributed by atoms with van der Waals surface area (Å²) in [6.45, 7) is 2.72. The van der Waals surface area contributed by atoms with Gasteiger partial charge in [0.25, 0.3) is 5.89 Å². The zero-order chi connectivity index (χ0) is 29.0. The summed E-state index contributed by atoms with van der Waals surface area (Å²) >= 11 is 0. The number of hydrogen-bond acceptors (Lipinski definition) is 6. The molecule has 0 aliphatic rings. The first-order valence-electron chi connectivity index (χ1n) is 13.9. The summed E-state index contributed by atoms with van der Waals surface area (Å²) in [6.07, 6.45) is 7.27. The van der Waals surface area contributed by atoms with Gasteiger partial charge in [-0.3, -0.25) is 4.84 Å². The van der Waals surface area contributed by atoms with E-state index in [9.17, 15) is 23.2 Å². The Morgan fingerprint density at radius 3 is 2.17 bits per heavy atom. The van der Waals surface area contributed by atoms with Gasteiger partial charge >= 0.3 is 12.1 Å². The molecule has 0 radical (unpaired) electrons. The van der Waals surface area contributed by atoms with Gasteiger partial charge < -0.3 is 9.73 Å². The van der Waals surface area contributed by atoms with E-state index >= 15 is 0 Å². The summed E-state index contributed by atoms with van der Waals surface area (Å²) in [4.78, 5) is 19.8. The first-order chi connectivity index (χ1) is 19.1. The molecule has 2 aromatic carbocycles. The van der Waals surface area contributed by atoms with Gasteiger partial charge in [-0.05, 0) is 30.7 Å². The highest BCUT2D eigenvalue weighted by atomic mass is 19.4. The fraction of sp³-hybridized carbons (Fsp3) is 0.500. The summed E-state index contributed by atoms with van der Waals surface area (Å²) in [5.74, 6) is 0.155. The molecule has 0 saturated heterocycles. The van der Waals surface area contributed by atoms with Crippen LogP contribution in [0.5, 0.6) is 0 Å². The smallest absolute Gasteiger partial charge is 0.416 e. The van der Waals surface area contributed by atoms with Crippen LogP contribution in [0.2, 0.25) is 0 Å². The van der Waals surface area contributed by atoms with E-state index in [-0.39, 0.29) is 13.1 Å². The lowest BCUT2D eigenvalue weighted by atomic mass is 10.1. The summed E-state index contributed by atoms with van der Waals surface area (Å²) in [7, 11) is 0. The van der Waals surface area contributed by atoms with Crippen LogP contribution < -0.4 is 0 Å². The van der Waals surface area contributed by atoms with Gasteiger partial charge in [0.05, 0.1) is 5.56 Å². The van der Waals surface area contributed by atoms with Crippen LogP contribution in [-0.4, -0.2) is 20.9 Å². The molecule has 0 N–H and O–H groups in total. The number of unbranched alkanes of at least 4 members (excludes halogenated alkanes) is 8. The fourth-order valence-electron chi connectivity index (χ4n) is 4.58. The third-order valence-corrected chi connectivity index (χ3v) is 6.57. The van der Waals surface area contributed by atoms with E-state index in [1.807, 2.05) is 0 Å². The first kappa shape index (κ1) is 31.3. The lowest BCUT2D eigenvalue weighted by molar-refractivity contribution is -1.07. The van der Waals surface area contributed by atoms with Crippen LogP contribution in [0.25, 0.3) is 11.5 Å². The topological polar surface area (TPSA) is 88.3 Å². The molecule has 10 heteroatoms. The lowest BCUT2D eigenvalue weighted by Crippen LogP contribution is -2.42. The van der Waals surface area contributed by atoms with E-state index in [0.717, 1.165) is 38.3 Å². The number of halogens is 3. The van der Waals surface area contributed by atoms with Gasteiger partial charge in [0.2, 0.25) is 0 Å². The standard InChI is InChI=1S/C30H38F3N3O4/c1-3-4-5-6-7-8-9-10-11-15-28-34-29(39-35-28)26-14-12-13-25(20-26)22-36(38,40-23(2)37)21-24-16-18-27(19-17-24)30(31,32)33/h12-14,16-20H,3-11,15,21-22H2,1-2H3. The second kappa shape index (κ2) is 14.9. The number of quaternary nitrogens is 1. The van der Waals surface area contributed by atoms with Gasteiger partial charge in [-0.15, -0.1) is 0 Å². The number of rotatable bonds is 16. The van der Waals surface area contributed by atoms with Crippen molar-refractivity contribution in [3.05, 3.63) is 76.3 Å². The summed E-state index contributed by atoms with van der Waals surface area (Å²) < 4.78 is 44.1. The van der Waals surface area contributed by atoms with Crippen molar-refractivity contribution in [1.29, 1.82) is 0 Å². The highest BCUT2D eigenvalue weighted by Gasteiger charge is 2.31. The maximum absolute atomic E-state index is 13.5. The molecule has 1 heterocycles. The molecule has 1 atom stereocenters. The Kier molecular flexibility index (Phi) is 11.7. The number of carbonyl (C=O) groups is 1. The zero-order valence-electron chi connectivity index (χ0n) is 23.2. The normalized spacial score (nSPS) is 13.2. The Morgan fingerprint density at radius 1 is 0.925 bits per heavy atom. The van der Waals surface area contributed by atoms with E-state index in [1.165, 1.54) is 57.1 Å². The van der Waals surface area contributed by atoms with Crippen LogP contribution in [0.4, 0.5) is 13.2 Å². The van der Waals surface area contributed by atoms with Crippen molar-refractivity contribution in [3.8, 4) is 11.5 Å². The number of aromatic nitrogens is 2. The molecule has 0 aliphatic carbocycles. The van der Waals surface area contributed by atoms with E-state index in [1.54, 1.807) is 24.3 Å². The number of hydroxylamine groups is 4. The van der Waals surface area contributed by atoms with Crippen molar-refractivity contribution in [2.24, 2.45) is 0 Å². The average molecular weight is 562 g/mol. The molecule has 0 amide bonds. The fourth-order valence-corrected chi connectivity index (χ4v) is 4.58. The Balaban J connectivity index is 1.58. The summed E-state index contributed by atoms with van der Waals surface area (Å²) in [5.41, 5.74) is 0.641. The Bertz CT molecular complexity index is 1200. The van der Waals surface area contributed by atoms with Crippen LogP contribution in [0, 0.1) is 5.21 Å². The number of benzene rings is 2. The Hall–Kier alpha value is -3.24. The Morgan fingerprint density at radius 2 is 1.55 bits per heavy atom. The maximum Gasteiger partial charge on any atom is 0.416 e. The minimum Gasteiger partial charge on any atom is -0.589 e. The van der Waals surface area contributed by atoms with Gasteiger partial charge in [-0.2, -0.15) is 23.0 Å². The molecule has 0 saturated carbocycles. The first-order valence-corrected chi connectivity index (χ1v) is 13.9. The molecule has 3 aromatic rings. The van der Waals surface area contributed by atoms with E-state index < -0.39 is 22.5 Å². The van der Waals surface area contributed by atoms with Gasteiger partial charge in [0, 0.05) is 30.0 Å². The van der Waals surface area contributed by atoms with Crippen molar-refractivity contribution < 1.29 is 32.1 Å². The van der Waals surface area contributed by atoms with Crippen molar-refractivity contribution in [3.63, 3.8) is 0 Å². The zero-order valence-corrected chi connectivity index (χ0v) is 23.2. The maximum atomic E-state index is 13.5. The number of nitrogens with zero attached hydrogens (tertiary/aromatic N) is 3. The predicted molar refractivity (Wildman–Crippen MR) is 145 cm³/mol. The minimum absolute atomic E-state index is 0.256. The molecule has 1 unspecified atom stereocenters. The van der Waals surface area contributed by atoms with Gasteiger partial charge in [0.15, 0.2) is 5.82 Å². The molecule has 7 nitrogen and oxygen atoms in total. The number of hydrogen-bond donors (Lipinski definition) is 0. The van der Waals surface area contributed by atoms with Gasteiger partial charge in [-0.25, -0.2) is 4.79 Å². The van der Waals surface area contributed by atoms with Crippen molar-refractivity contribution in [2.75, 3.05) is 0 Å². The largest absolute Gasteiger partial charge is 0.589 e. The molecule has 218 valence electrons. The van der Waals surface area contributed by atoms with Crippen LogP contribution in [0.3, 0.4) is 0 Å². The van der Waals surface area contributed by atoms with Gasteiger partial charge in [0.1, 0.15) is 13.1 Å². The SMILES string of the molecule is CCCCCCCCCCCc1noc(-c2cccc(C[N+]([O-])(Cc3ccc(C(F)(F)F)cc3)OC(C)=O)c2)n1. The van der Waals surface area contributed by atoms with E-state index in [0.29, 0.717) is 28.4 Å². The van der Waals surface area contributed by atoms with Crippen LogP contribution in [0.1, 0.15) is 94.1 Å². The van der Waals surface area contributed by atoms with Crippen molar-refractivity contribution in [1.82, 2.24) is 10.1 Å². The molecule has 3 rings (SSSR count). The number of aryl methyl sites for hydroxylation is 1. The monoisotopic (exact) mass is 561 g/mol. The summed E-state index contributed by atoms with van der Waals surface area (Å²) in [6, 6.07) is 11.1. The molecule has 0 spiro atoms. The van der Waals surface area contributed by atoms with Crippen LogP contribution in [-0.2, 0) is 35.3 Å². The number of alkyl halides is 3. The van der Waals surface area contributed by atoms with Gasteiger partial charge in [-0.1, -0.05) is 87.7 Å². The van der Waals surface area contributed by atoms with Crippen LogP contribution >= 0.6 is 0 Å². The quantitative estimate of drug-likeness (QED) is 0.0992. The second-order valence-electron chi connectivity index (χ2n) is 10.2. The highest BCUT2D eigenvalue weighted by molar-refractivity contribution is 5.65. The second-order valence-corrected chi connectivity index (χ2v) is 10.2. The van der Waals surface area contributed by atoms with Crippen molar-refractivity contribution >= 4 is 5.97 Å². The third kappa shape index (κ3) is 10.4.